The smallest absolute Gasteiger partial charge is 0.262 e. The summed E-state index contributed by atoms with van der Waals surface area (Å²) >= 11 is 3.19. The van der Waals surface area contributed by atoms with Crippen LogP contribution in [0.5, 0.6) is 0 Å². The molecule has 0 saturated heterocycles. The molecular formula is C30H35Br2N3O5S2. The summed E-state index contributed by atoms with van der Waals surface area (Å²) in [6, 6.07) is 8.91. The molecule has 1 aromatic carbocycles. The van der Waals surface area contributed by atoms with Gasteiger partial charge in [-0.25, -0.2) is 0 Å². The van der Waals surface area contributed by atoms with Crippen LogP contribution in [0.4, 0.5) is 5.69 Å². The number of thiazole rings is 2. The molecule has 1 aliphatic heterocycles. The van der Waals surface area contributed by atoms with Crippen molar-refractivity contribution in [3.63, 3.8) is 0 Å². The lowest BCUT2D eigenvalue weighted by Gasteiger charge is -2.16. The van der Waals surface area contributed by atoms with Gasteiger partial charge in [-0.05, 0) is 55.7 Å². The average molecular weight is 742 g/mol. The molecule has 0 fully saturated rings. The number of nitrogens with zero attached hydrogens (tertiary/aromatic N) is 2. The molecule has 42 heavy (non-hydrogen) atoms. The number of hydrogen-bond donors (Lipinski definition) is 2. The average Bonchev–Trinajstić information content (AvgIpc) is 3.69. The number of benzene rings is 1. The fourth-order valence-electron chi connectivity index (χ4n) is 4.44. The number of nitrogens with one attached hydrogen (secondary N) is 1. The number of aliphatic hydroxyl groups excluding tert-OH is 1. The normalized spacial score (nSPS) is 12.5. The van der Waals surface area contributed by atoms with Crippen LogP contribution in [-0.2, 0) is 30.7 Å². The summed E-state index contributed by atoms with van der Waals surface area (Å²) in [5, 5.41) is 14.7. The molecule has 0 bridgehead atoms. The SMILES string of the molecule is CCCC(O)Cc1csc[n+]1CC(=O)c1ccco1.Cc1sc[n+](CC(=O)c2ccc3c(c2)CCC(=O)N3)c1C.[Br-].[Br-]. The monoisotopic (exact) mass is 739 g/mol. The van der Waals surface area contributed by atoms with Gasteiger partial charge in [0.2, 0.25) is 35.8 Å². The molecule has 226 valence electrons. The maximum atomic E-state index is 12.4. The van der Waals surface area contributed by atoms with Gasteiger partial charge < -0.3 is 48.8 Å². The maximum absolute atomic E-state index is 12.4. The molecule has 1 aliphatic rings. The Kier molecular flexibility index (Phi) is 14.4. The summed E-state index contributed by atoms with van der Waals surface area (Å²) in [6.07, 6.45) is 4.66. The second-order valence-corrected chi connectivity index (χ2v) is 11.6. The predicted octanol–water partition coefficient (Wildman–Crippen LogP) is -1.36. The van der Waals surface area contributed by atoms with Crippen molar-refractivity contribution in [2.45, 2.75) is 72.1 Å². The van der Waals surface area contributed by atoms with E-state index in [9.17, 15) is 19.5 Å². The standard InChI is InChI=1S/C16H16N2O2S.C14H18NO3S.2BrH/c1-10-11(2)21-9-18(10)8-15(19)13-3-5-14-12(7-13)4-6-16(20)17-14;1-2-4-12(16)7-11-9-19-10-15(11)8-13(17)14-5-3-6-18-14;;/h3,5,7,9H,4,6,8H2,1-2H3;3,5-6,9-10,12,16H,2,4,7-8H2,1H3;2*1H/q;+1;;/p-1. The van der Waals surface area contributed by atoms with E-state index >= 15 is 0 Å². The highest BCUT2D eigenvalue weighted by Crippen LogP contribution is 2.24. The number of rotatable bonds is 10. The molecular weight excluding hydrogens is 706 g/mol. The van der Waals surface area contributed by atoms with Gasteiger partial charge in [0.05, 0.1) is 29.0 Å². The van der Waals surface area contributed by atoms with Crippen molar-refractivity contribution >= 4 is 45.8 Å². The third kappa shape index (κ3) is 9.50. The van der Waals surface area contributed by atoms with Gasteiger partial charge in [-0.15, -0.1) is 0 Å². The second-order valence-electron chi connectivity index (χ2n) is 9.86. The summed E-state index contributed by atoms with van der Waals surface area (Å²) in [5.74, 6) is 0.459. The third-order valence-corrected chi connectivity index (χ3v) is 8.66. The molecule has 12 heteroatoms. The van der Waals surface area contributed by atoms with Crippen LogP contribution < -0.4 is 48.4 Å². The van der Waals surface area contributed by atoms with Crippen molar-refractivity contribution in [3.8, 4) is 0 Å². The molecule has 1 atom stereocenters. The number of amides is 1. The zero-order valence-electron chi connectivity index (χ0n) is 23.8. The quantitative estimate of drug-likeness (QED) is 0.155. The summed E-state index contributed by atoms with van der Waals surface area (Å²) < 4.78 is 8.97. The Morgan fingerprint density at radius 2 is 1.83 bits per heavy atom. The number of ketones is 2. The highest BCUT2D eigenvalue weighted by molar-refractivity contribution is 7.09. The van der Waals surface area contributed by atoms with Crippen LogP contribution in [0.3, 0.4) is 0 Å². The molecule has 5 rings (SSSR count). The van der Waals surface area contributed by atoms with Gasteiger partial charge in [-0.3, -0.25) is 14.4 Å². The van der Waals surface area contributed by atoms with Crippen LogP contribution in [0.2, 0.25) is 0 Å². The van der Waals surface area contributed by atoms with Gasteiger partial charge in [0, 0.05) is 24.6 Å². The van der Waals surface area contributed by atoms with E-state index in [-0.39, 0.29) is 64.1 Å². The highest BCUT2D eigenvalue weighted by atomic mass is 79.9. The number of aliphatic hydroxyl groups is 1. The Morgan fingerprint density at radius 3 is 2.50 bits per heavy atom. The Morgan fingerprint density at radius 1 is 1.07 bits per heavy atom. The minimum atomic E-state index is -0.343. The lowest BCUT2D eigenvalue weighted by Crippen LogP contribution is -3.00. The van der Waals surface area contributed by atoms with Crippen LogP contribution in [0, 0.1) is 13.8 Å². The van der Waals surface area contributed by atoms with Crippen LogP contribution in [0.1, 0.15) is 68.9 Å². The number of aryl methyl sites for hydroxylation is 2. The summed E-state index contributed by atoms with van der Waals surface area (Å²) in [5.41, 5.74) is 8.60. The number of carbonyl (C=O) groups is 3. The molecule has 0 radical (unpaired) electrons. The fourth-order valence-corrected chi connectivity index (χ4v) is 6.05. The zero-order chi connectivity index (χ0) is 28.6. The van der Waals surface area contributed by atoms with E-state index in [2.05, 4.69) is 12.2 Å². The van der Waals surface area contributed by atoms with Crippen molar-refractivity contribution in [1.82, 2.24) is 0 Å². The summed E-state index contributed by atoms with van der Waals surface area (Å²) in [4.78, 5) is 37.0. The topological polar surface area (TPSA) is 104 Å². The molecule has 3 aromatic heterocycles. The molecule has 4 heterocycles. The number of fused-ring (bicyclic) bond motifs is 1. The molecule has 8 nitrogen and oxygen atoms in total. The number of Topliss-reactive ketones (excluding diaryl/α,β-unsaturated/α-hetero) is 2. The summed E-state index contributed by atoms with van der Waals surface area (Å²) in [7, 11) is 0. The van der Waals surface area contributed by atoms with E-state index in [0.717, 1.165) is 35.5 Å². The van der Waals surface area contributed by atoms with Gasteiger partial charge in [0.25, 0.3) is 5.78 Å². The van der Waals surface area contributed by atoms with E-state index < -0.39 is 0 Å². The van der Waals surface area contributed by atoms with Gasteiger partial charge >= 0.3 is 0 Å². The molecule has 0 spiro atoms. The van der Waals surface area contributed by atoms with E-state index in [1.807, 2.05) is 51.5 Å². The van der Waals surface area contributed by atoms with Gasteiger partial charge in [0.15, 0.2) is 17.1 Å². The lowest BCUT2D eigenvalue weighted by molar-refractivity contribution is -0.686. The first kappa shape index (κ1) is 35.7. The van der Waals surface area contributed by atoms with Crippen LogP contribution in [0.25, 0.3) is 0 Å². The van der Waals surface area contributed by atoms with Crippen molar-refractivity contribution in [2.75, 3.05) is 5.32 Å². The van der Waals surface area contributed by atoms with Crippen molar-refractivity contribution in [2.24, 2.45) is 0 Å². The molecule has 1 unspecified atom stereocenters. The zero-order valence-corrected chi connectivity index (χ0v) is 28.6. The first-order valence-electron chi connectivity index (χ1n) is 13.3. The van der Waals surface area contributed by atoms with Crippen molar-refractivity contribution in [1.29, 1.82) is 0 Å². The van der Waals surface area contributed by atoms with E-state index in [1.54, 1.807) is 29.5 Å². The minimum absolute atomic E-state index is 0. The number of furan rings is 1. The Hall–Kier alpha value is -2.51. The van der Waals surface area contributed by atoms with E-state index in [0.29, 0.717) is 37.1 Å². The first-order valence-corrected chi connectivity index (χ1v) is 15.2. The molecule has 2 N–H and O–H groups in total. The Balaban J connectivity index is 0.000000282. The first-order chi connectivity index (χ1) is 19.2. The molecule has 0 saturated carbocycles. The Labute approximate surface area is 275 Å². The van der Waals surface area contributed by atoms with Crippen molar-refractivity contribution < 1.29 is 67.0 Å². The van der Waals surface area contributed by atoms with Gasteiger partial charge in [0.1, 0.15) is 0 Å². The second kappa shape index (κ2) is 17.0. The Bertz CT molecular complexity index is 1480. The number of halogens is 2. The number of anilines is 1. The molecule has 0 aliphatic carbocycles. The van der Waals surface area contributed by atoms with E-state index in [1.165, 1.54) is 22.5 Å². The van der Waals surface area contributed by atoms with Crippen LogP contribution in [-0.4, -0.2) is 28.7 Å². The minimum Gasteiger partial charge on any atom is -1.00 e. The van der Waals surface area contributed by atoms with Crippen LogP contribution in [0.15, 0.2) is 57.4 Å². The van der Waals surface area contributed by atoms with Gasteiger partial charge in [-0.1, -0.05) is 36.0 Å². The summed E-state index contributed by atoms with van der Waals surface area (Å²) in [6.45, 7) is 6.75. The van der Waals surface area contributed by atoms with Gasteiger partial charge in [-0.2, -0.15) is 9.13 Å². The predicted molar refractivity (Wildman–Crippen MR) is 154 cm³/mol. The largest absolute Gasteiger partial charge is 1.00 e. The van der Waals surface area contributed by atoms with Crippen LogP contribution >= 0.6 is 22.7 Å². The third-order valence-electron chi connectivity index (χ3n) is 6.87. The lowest BCUT2D eigenvalue weighted by atomic mass is 9.99. The van der Waals surface area contributed by atoms with E-state index in [4.69, 9.17) is 4.42 Å². The maximum Gasteiger partial charge on any atom is 0.262 e. The number of aromatic nitrogens is 2. The fraction of sp³-hybridized carbons (Fsp3) is 0.367. The molecule has 4 aromatic rings. The molecule has 1 amide bonds. The van der Waals surface area contributed by atoms with Crippen molar-refractivity contribution in [3.05, 3.63) is 86.1 Å². The number of carbonyl (C=O) groups excluding carboxylic acids is 3. The number of hydrogen-bond acceptors (Lipinski definition) is 7. The highest BCUT2D eigenvalue weighted by Gasteiger charge is 2.22.